The second-order valence-corrected chi connectivity index (χ2v) is 7.28. The third kappa shape index (κ3) is 4.34. The minimum absolute atomic E-state index is 0.0815. The van der Waals surface area contributed by atoms with E-state index in [-0.39, 0.29) is 11.8 Å². The van der Waals surface area contributed by atoms with Gasteiger partial charge in [-0.3, -0.25) is 4.79 Å². The van der Waals surface area contributed by atoms with Gasteiger partial charge in [-0.25, -0.2) is 9.78 Å². The molecule has 0 spiro atoms. The first-order valence-electron chi connectivity index (χ1n) is 8.07. The Kier molecular flexibility index (Phi) is 4.96. The molecule has 2 aromatic rings. The summed E-state index contributed by atoms with van der Waals surface area (Å²) < 4.78 is 5.40. The molecule has 2 N–H and O–H groups in total. The number of imidazole rings is 1. The number of fused-ring (bicyclic) bond motifs is 1. The van der Waals surface area contributed by atoms with Crippen LogP contribution in [0.25, 0.3) is 11.0 Å². The maximum Gasteiger partial charge on any atom is 0.329 e. The van der Waals surface area contributed by atoms with Gasteiger partial charge in [-0.2, -0.15) is 0 Å². The van der Waals surface area contributed by atoms with Gasteiger partial charge in [0.1, 0.15) is 17.5 Å². The number of amides is 1. The highest BCUT2D eigenvalue weighted by Gasteiger charge is 2.29. The van der Waals surface area contributed by atoms with Gasteiger partial charge >= 0.3 is 5.97 Å². The normalized spacial score (nSPS) is 13.1. The number of hydrogen-bond acceptors (Lipinski definition) is 4. The minimum atomic E-state index is -0.698. The fourth-order valence-corrected chi connectivity index (χ4v) is 2.37. The largest absolute Gasteiger partial charge is 0.458 e. The van der Waals surface area contributed by atoms with Gasteiger partial charge in [0, 0.05) is 5.56 Å². The van der Waals surface area contributed by atoms with Gasteiger partial charge in [-0.1, -0.05) is 13.8 Å². The van der Waals surface area contributed by atoms with Gasteiger partial charge < -0.3 is 15.0 Å². The van der Waals surface area contributed by atoms with Crippen LogP contribution in [0.4, 0.5) is 0 Å². The van der Waals surface area contributed by atoms with Crippen molar-refractivity contribution in [2.45, 2.75) is 53.2 Å². The van der Waals surface area contributed by atoms with E-state index in [2.05, 4.69) is 15.3 Å². The topological polar surface area (TPSA) is 84.1 Å². The molecule has 6 nitrogen and oxygen atoms in total. The number of carbonyl (C=O) groups is 2. The van der Waals surface area contributed by atoms with E-state index in [4.69, 9.17) is 4.74 Å². The predicted molar refractivity (Wildman–Crippen MR) is 92.8 cm³/mol. The Bertz CT molecular complexity index is 756. The van der Waals surface area contributed by atoms with Crippen LogP contribution >= 0.6 is 0 Å². The number of rotatable bonds is 4. The van der Waals surface area contributed by atoms with Crippen LogP contribution in [0, 0.1) is 12.8 Å². The van der Waals surface area contributed by atoms with Crippen molar-refractivity contribution in [3.05, 3.63) is 29.6 Å². The summed E-state index contributed by atoms with van der Waals surface area (Å²) in [5.41, 5.74) is 1.47. The lowest BCUT2D eigenvalue weighted by Crippen LogP contribution is -2.47. The molecular weight excluding hydrogens is 306 g/mol. The van der Waals surface area contributed by atoms with Crippen LogP contribution in [0.2, 0.25) is 0 Å². The van der Waals surface area contributed by atoms with Gasteiger partial charge in [0.05, 0.1) is 11.0 Å². The highest BCUT2D eigenvalue weighted by Crippen LogP contribution is 2.16. The number of carbonyl (C=O) groups excluding carboxylic acids is 2. The van der Waals surface area contributed by atoms with E-state index in [9.17, 15) is 9.59 Å². The van der Waals surface area contributed by atoms with Crippen LogP contribution in [0.1, 0.15) is 50.8 Å². The summed E-state index contributed by atoms with van der Waals surface area (Å²) >= 11 is 0. The molecule has 0 bridgehead atoms. The Balaban J connectivity index is 2.18. The molecule has 130 valence electrons. The molecule has 6 heteroatoms. The van der Waals surface area contributed by atoms with Crippen molar-refractivity contribution in [1.29, 1.82) is 0 Å². The molecule has 2 rings (SSSR count). The summed E-state index contributed by atoms with van der Waals surface area (Å²) in [7, 11) is 0. The van der Waals surface area contributed by atoms with Crippen LogP contribution in [0.15, 0.2) is 18.2 Å². The lowest BCUT2D eigenvalue weighted by Gasteiger charge is -2.26. The number of benzene rings is 1. The molecule has 1 atom stereocenters. The number of ether oxygens (including phenoxy) is 1. The molecular formula is C18H25N3O3. The van der Waals surface area contributed by atoms with E-state index in [1.54, 1.807) is 39.0 Å². The zero-order valence-corrected chi connectivity index (χ0v) is 15.1. The van der Waals surface area contributed by atoms with Crippen LogP contribution in [0.3, 0.4) is 0 Å². The smallest absolute Gasteiger partial charge is 0.329 e. The average Bonchev–Trinajstić information content (AvgIpc) is 2.80. The number of hydrogen-bond donors (Lipinski definition) is 2. The van der Waals surface area contributed by atoms with E-state index >= 15 is 0 Å². The minimum Gasteiger partial charge on any atom is -0.458 e. The number of H-pyrrole nitrogens is 1. The summed E-state index contributed by atoms with van der Waals surface area (Å²) in [6.45, 7) is 11.0. The van der Waals surface area contributed by atoms with Crippen LogP contribution in [0.5, 0.6) is 0 Å². The number of aromatic amines is 1. The fourth-order valence-electron chi connectivity index (χ4n) is 2.37. The zero-order valence-electron chi connectivity index (χ0n) is 15.1. The Labute approximate surface area is 142 Å². The molecule has 0 saturated carbocycles. The van der Waals surface area contributed by atoms with E-state index in [0.29, 0.717) is 5.56 Å². The third-order valence-corrected chi connectivity index (χ3v) is 3.48. The van der Waals surface area contributed by atoms with Crippen molar-refractivity contribution >= 4 is 22.9 Å². The van der Waals surface area contributed by atoms with Gasteiger partial charge in [0.15, 0.2) is 0 Å². The highest BCUT2D eigenvalue weighted by molar-refractivity contribution is 5.99. The molecule has 0 fully saturated rings. The quantitative estimate of drug-likeness (QED) is 0.844. The number of nitrogens with zero attached hydrogens (tertiary/aromatic N) is 1. The van der Waals surface area contributed by atoms with Crippen molar-refractivity contribution in [3.63, 3.8) is 0 Å². The van der Waals surface area contributed by atoms with Crippen molar-refractivity contribution in [2.75, 3.05) is 0 Å². The van der Waals surface area contributed by atoms with E-state index in [1.807, 2.05) is 20.8 Å². The lowest BCUT2D eigenvalue weighted by atomic mass is 10.0. The SMILES string of the molecule is Cc1nc2ccc(C(=O)NC(C(=O)OC(C)(C)C)C(C)C)cc2[nH]1. The van der Waals surface area contributed by atoms with Gasteiger partial charge in [0.25, 0.3) is 5.91 Å². The molecule has 1 heterocycles. The van der Waals surface area contributed by atoms with E-state index < -0.39 is 17.6 Å². The van der Waals surface area contributed by atoms with Crippen LogP contribution in [-0.4, -0.2) is 33.5 Å². The second kappa shape index (κ2) is 6.63. The first-order valence-corrected chi connectivity index (χ1v) is 8.07. The lowest BCUT2D eigenvalue weighted by molar-refractivity contribution is -0.158. The Morgan fingerprint density at radius 3 is 2.50 bits per heavy atom. The van der Waals surface area contributed by atoms with Gasteiger partial charge in [-0.15, -0.1) is 0 Å². The summed E-state index contributed by atoms with van der Waals surface area (Å²) in [4.78, 5) is 32.3. The number of aromatic nitrogens is 2. The predicted octanol–water partition coefficient (Wildman–Crippen LogP) is 2.97. The molecule has 0 aliphatic rings. The number of esters is 1. The number of nitrogens with one attached hydrogen (secondary N) is 2. The molecule has 1 aromatic carbocycles. The first-order chi connectivity index (χ1) is 11.1. The van der Waals surface area contributed by atoms with E-state index in [1.165, 1.54) is 0 Å². The maximum atomic E-state index is 12.5. The summed E-state index contributed by atoms with van der Waals surface area (Å²) in [5, 5.41) is 2.78. The Morgan fingerprint density at radius 1 is 1.25 bits per heavy atom. The molecule has 0 radical (unpaired) electrons. The Morgan fingerprint density at radius 2 is 1.92 bits per heavy atom. The standard InChI is InChI=1S/C18H25N3O3/c1-10(2)15(17(23)24-18(4,5)6)21-16(22)12-7-8-13-14(9-12)20-11(3)19-13/h7-10,15H,1-6H3,(H,19,20)(H,21,22). The summed E-state index contributed by atoms with van der Waals surface area (Å²) in [6.07, 6.45) is 0. The van der Waals surface area contributed by atoms with Gasteiger partial charge in [-0.05, 0) is 51.8 Å². The van der Waals surface area contributed by atoms with Gasteiger partial charge in [0.2, 0.25) is 0 Å². The molecule has 1 amide bonds. The maximum absolute atomic E-state index is 12.5. The second-order valence-electron chi connectivity index (χ2n) is 7.28. The van der Waals surface area contributed by atoms with Crippen molar-refractivity contribution in [1.82, 2.24) is 15.3 Å². The van der Waals surface area contributed by atoms with Crippen LogP contribution < -0.4 is 5.32 Å². The summed E-state index contributed by atoms with van der Waals surface area (Å²) in [6, 6.07) is 4.52. The Hall–Kier alpha value is -2.37. The summed E-state index contributed by atoms with van der Waals surface area (Å²) in [5.74, 6) is -0.0312. The van der Waals surface area contributed by atoms with Crippen molar-refractivity contribution in [2.24, 2.45) is 5.92 Å². The molecule has 1 aromatic heterocycles. The van der Waals surface area contributed by atoms with E-state index in [0.717, 1.165) is 16.9 Å². The zero-order chi connectivity index (χ0) is 18.1. The fraction of sp³-hybridized carbons (Fsp3) is 0.500. The van der Waals surface area contributed by atoms with Crippen molar-refractivity contribution < 1.29 is 14.3 Å². The third-order valence-electron chi connectivity index (χ3n) is 3.48. The van der Waals surface area contributed by atoms with Crippen molar-refractivity contribution in [3.8, 4) is 0 Å². The van der Waals surface area contributed by atoms with Crippen LogP contribution in [-0.2, 0) is 9.53 Å². The molecule has 24 heavy (non-hydrogen) atoms. The number of aryl methyl sites for hydroxylation is 1. The monoisotopic (exact) mass is 331 g/mol. The molecule has 0 aliphatic heterocycles. The highest BCUT2D eigenvalue weighted by atomic mass is 16.6. The molecule has 0 aliphatic carbocycles. The molecule has 0 saturated heterocycles. The molecule has 1 unspecified atom stereocenters. The average molecular weight is 331 g/mol. The first kappa shape index (κ1) is 18.0.